The Kier molecular flexibility index (Phi) is 2.78. The van der Waals surface area contributed by atoms with Gasteiger partial charge in [0.15, 0.2) is 0 Å². The van der Waals surface area contributed by atoms with E-state index in [0.717, 1.165) is 21.1 Å². The molecule has 0 bridgehead atoms. The smallest absolute Gasteiger partial charge is 0.125 e. The Morgan fingerprint density at radius 1 is 1.38 bits per heavy atom. The van der Waals surface area contributed by atoms with E-state index in [-0.39, 0.29) is 5.54 Å². The fraction of sp³-hybridized carbons (Fsp3) is 0.333. The summed E-state index contributed by atoms with van der Waals surface area (Å²) in [4.78, 5) is 9.77. The molecule has 2 aromatic heterocycles. The Labute approximate surface area is 99.4 Å². The lowest BCUT2D eigenvalue weighted by atomic mass is 10.0. The van der Waals surface area contributed by atoms with Crippen LogP contribution in [0.2, 0.25) is 0 Å². The van der Waals surface area contributed by atoms with E-state index in [9.17, 15) is 0 Å². The maximum atomic E-state index is 6.10. The van der Waals surface area contributed by atoms with Gasteiger partial charge in [-0.05, 0) is 32.9 Å². The minimum atomic E-state index is -0.331. The van der Waals surface area contributed by atoms with Gasteiger partial charge in [0.2, 0.25) is 0 Å². The van der Waals surface area contributed by atoms with Crippen LogP contribution in [0.25, 0.3) is 10.6 Å². The van der Waals surface area contributed by atoms with Crippen LogP contribution in [0.5, 0.6) is 0 Å². The first-order chi connectivity index (χ1) is 7.48. The van der Waals surface area contributed by atoms with E-state index >= 15 is 0 Å². The highest BCUT2D eigenvalue weighted by atomic mass is 32.1. The first-order valence-electron chi connectivity index (χ1n) is 5.15. The van der Waals surface area contributed by atoms with E-state index in [0.29, 0.717) is 0 Å². The number of aromatic nitrogens is 2. The third-order valence-corrected chi connectivity index (χ3v) is 3.84. The molecule has 0 radical (unpaired) electrons. The van der Waals surface area contributed by atoms with Crippen LogP contribution in [0, 0.1) is 6.92 Å². The molecule has 2 aromatic rings. The predicted molar refractivity (Wildman–Crippen MR) is 67.3 cm³/mol. The standard InChI is InChI=1S/C12H15N3S/c1-8-10(12(2,3)13)16-11(15-8)9-5-4-6-14-7-9/h4-7H,13H2,1-3H3. The quantitative estimate of drug-likeness (QED) is 0.867. The highest BCUT2D eigenvalue weighted by Gasteiger charge is 2.21. The molecule has 0 aliphatic carbocycles. The molecule has 2 heterocycles. The van der Waals surface area contributed by atoms with Crippen molar-refractivity contribution in [2.24, 2.45) is 5.73 Å². The maximum absolute atomic E-state index is 6.10. The minimum Gasteiger partial charge on any atom is -0.321 e. The summed E-state index contributed by atoms with van der Waals surface area (Å²) in [6, 6.07) is 3.93. The Morgan fingerprint density at radius 3 is 2.62 bits per heavy atom. The van der Waals surface area contributed by atoms with Crippen molar-refractivity contribution in [2.45, 2.75) is 26.3 Å². The molecule has 84 valence electrons. The van der Waals surface area contributed by atoms with Gasteiger partial charge in [0.1, 0.15) is 5.01 Å². The van der Waals surface area contributed by atoms with Gasteiger partial charge in [0.25, 0.3) is 0 Å². The lowest BCUT2D eigenvalue weighted by Gasteiger charge is -2.16. The molecule has 0 aliphatic heterocycles. The molecular formula is C12H15N3S. The molecule has 0 aliphatic rings. The molecule has 0 aromatic carbocycles. The van der Waals surface area contributed by atoms with Gasteiger partial charge >= 0.3 is 0 Å². The van der Waals surface area contributed by atoms with Gasteiger partial charge in [-0.1, -0.05) is 0 Å². The van der Waals surface area contributed by atoms with Gasteiger partial charge in [-0.15, -0.1) is 11.3 Å². The molecule has 0 fully saturated rings. The number of hydrogen-bond donors (Lipinski definition) is 1. The Morgan fingerprint density at radius 2 is 2.12 bits per heavy atom. The zero-order chi connectivity index (χ0) is 11.8. The number of aryl methyl sites for hydroxylation is 1. The zero-order valence-electron chi connectivity index (χ0n) is 9.69. The van der Waals surface area contributed by atoms with Crippen LogP contribution in [-0.4, -0.2) is 9.97 Å². The largest absolute Gasteiger partial charge is 0.321 e. The van der Waals surface area contributed by atoms with E-state index < -0.39 is 0 Å². The molecule has 0 amide bonds. The van der Waals surface area contributed by atoms with Gasteiger partial charge in [0.05, 0.1) is 5.69 Å². The van der Waals surface area contributed by atoms with Crippen molar-refractivity contribution < 1.29 is 0 Å². The number of pyridine rings is 1. The maximum Gasteiger partial charge on any atom is 0.125 e. The summed E-state index contributed by atoms with van der Waals surface area (Å²) < 4.78 is 0. The topological polar surface area (TPSA) is 51.8 Å². The highest BCUT2D eigenvalue weighted by Crippen LogP contribution is 2.32. The number of nitrogens with two attached hydrogens (primary N) is 1. The van der Waals surface area contributed by atoms with Crippen molar-refractivity contribution in [3.63, 3.8) is 0 Å². The summed E-state index contributed by atoms with van der Waals surface area (Å²) >= 11 is 1.64. The van der Waals surface area contributed by atoms with Gasteiger partial charge in [0, 0.05) is 28.4 Å². The fourth-order valence-corrected chi connectivity index (χ4v) is 2.68. The average molecular weight is 233 g/mol. The summed E-state index contributed by atoms with van der Waals surface area (Å²) in [5.41, 5.74) is 7.83. The lowest BCUT2D eigenvalue weighted by molar-refractivity contribution is 0.562. The fourth-order valence-electron chi connectivity index (χ4n) is 1.61. The van der Waals surface area contributed by atoms with Crippen LogP contribution >= 0.6 is 11.3 Å². The van der Waals surface area contributed by atoms with Gasteiger partial charge in [-0.2, -0.15) is 0 Å². The molecular weight excluding hydrogens is 218 g/mol. The average Bonchev–Trinajstić information content (AvgIpc) is 2.61. The molecule has 16 heavy (non-hydrogen) atoms. The number of rotatable bonds is 2. The number of thiazole rings is 1. The van der Waals surface area contributed by atoms with Crippen molar-refractivity contribution in [3.05, 3.63) is 35.1 Å². The summed E-state index contributed by atoms with van der Waals surface area (Å²) in [5, 5.41) is 0.985. The third kappa shape index (κ3) is 2.13. The number of nitrogens with zero attached hydrogens (tertiary/aromatic N) is 2. The van der Waals surface area contributed by atoms with Crippen LogP contribution in [0.1, 0.15) is 24.4 Å². The first-order valence-corrected chi connectivity index (χ1v) is 5.97. The summed E-state index contributed by atoms with van der Waals surface area (Å²) in [7, 11) is 0. The van der Waals surface area contributed by atoms with Crippen LogP contribution in [0.15, 0.2) is 24.5 Å². The van der Waals surface area contributed by atoms with Gasteiger partial charge in [-0.25, -0.2) is 4.98 Å². The van der Waals surface area contributed by atoms with Crippen molar-refractivity contribution in [1.82, 2.24) is 9.97 Å². The molecule has 3 nitrogen and oxygen atoms in total. The SMILES string of the molecule is Cc1nc(-c2cccnc2)sc1C(C)(C)N. The highest BCUT2D eigenvalue weighted by molar-refractivity contribution is 7.15. The van der Waals surface area contributed by atoms with Crippen LogP contribution in [0.4, 0.5) is 0 Å². The molecule has 0 saturated heterocycles. The van der Waals surface area contributed by atoms with Crippen LogP contribution in [-0.2, 0) is 5.54 Å². The van der Waals surface area contributed by atoms with E-state index in [1.54, 1.807) is 17.5 Å². The summed E-state index contributed by atoms with van der Waals surface area (Å²) in [6.45, 7) is 6.00. The number of hydrogen-bond acceptors (Lipinski definition) is 4. The molecule has 0 spiro atoms. The Balaban J connectivity index is 2.47. The summed E-state index contributed by atoms with van der Waals surface area (Å²) in [6.07, 6.45) is 3.59. The van der Waals surface area contributed by atoms with Gasteiger partial charge < -0.3 is 5.73 Å². The van der Waals surface area contributed by atoms with E-state index in [4.69, 9.17) is 5.73 Å². The molecule has 0 unspecified atom stereocenters. The molecule has 4 heteroatoms. The van der Waals surface area contributed by atoms with E-state index in [1.807, 2.05) is 39.1 Å². The van der Waals surface area contributed by atoms with Crippen molar-refractivity contribution in [3.8, 4) is 10.6 Å². The second-order valence-corrected chi connectivity index (χ2v) is 5.40. The minimum absolute atomic E-state index is 0.331. The van der Waals surface area contributed by atoms with Crippen molar-refractivity contribution in [2.75, 3.05) is 0 Å². The van der Waals surface area contributed by atoms with Gasteiger partial charge in [-0.3, -0.25) is 4.98 Å². The van der Waals surface area contributed by atoms with E-state index in [1.165, 1.54) is 0 Å². The predicted octanol–water partition coefficient (Wildman–Crippen LogP) is 2.71. The second-order valence-electron chi connectivity index (χ2n) is 4.40. The Bertz CT molecular complexity index is 483. The van der Waals surface area contributed by atoms with E-state index in [2.05, 4.69) is 9.97 Å². The lowest BCUT2D eigenvalue weighted by Crippen LogP contribution is -2.28. The monoisotopic (exact) mass is 233 g/mol. The third-order valence-electron chi connectivity index (χ3n) is 2.29. The van der Waals surface area contributed by atoms with Crippen molar-refractivity contribution in [1.29, 1.82) is 0 Å². The Hall–Kier alpha value is -1.26. The first kappa shape index (κ1) is 11.2. The molecule has 2 rings (SSSR count). The molecule has 0 atom stereocenters. The normalized spacial score (nSPS) is 11.8. The van der Waals surface area contributed by atoms with Crippen molar-refractivity contribution >= 4 is 11.3 Å². The second kappa shape index (κ2) is 3.96. The summed E-state index contributed by atoms with van der Waals surface area (Å²) in [5.74, 6) is 0. The molecule has 0 saturated carbocycles. The van der Waals surface area contributed by atoms with Crippen LogP contribution in [0.3, 0.4) is 0 Å². The zero-order valence-corrected chi connectivity index (χ0v) is 10.5. The molecule has 2 N–H and O–H groups in total. The van der Waals surface area contributed by atoms with Crippen LogP contribution < -0.4 is 5.73 Å².